The minimum Gasteiger partial charge on any atom is -0.450 e. The van der Waals surface area contributed by atoms with Crippen LogP contribution in [0, 0.1) is 0 Å². The Morgan fingerprint density at radius 3 is 2.17 bits per heavy atom. The second kappa shape index (κ2) is 8.59. The highest BCUT2D eigenvalue weighted by Crippen LogP contribution is 2.04. The van der Waals surface area contributed by atoms with Crippen LogP contribution in [0.25, 0.3) is 0 Å². The molecule has 1 fully saturated rings. The number of nitrogens with zero attached hydrogens (tertiary/aromatic N) is 3. The van der Waals surface area contributed by atoms with Crippen molar-refractivity contribution < 1.29 is 14.3 Å². The third kappa shape index (κ3) is 6.75. The van der Waals surface area contributed by atoms with Crippen LogP contribution in [0.5, 0.6) is 0 Å². The van der Waals surface area contributed by atoms with Gasteiger partial charge in [0, 0.05) is 38.8 Å². The van der Waals surface area contributed by atoms with Crippen LogP contribution in [0.15, 0.2) is 4.99 Å². The van der Waals surface area contributed by atoms with E-state index in [2.05, 4.69) is 15.6 Å². The molecule has 0 spiro atoms. The van der Waals surface area contributed by atoms with E-state index in [4.69, 9.17) is 4.74 Å². The quantitative estimate of drug-likeness (QED) is 0.573. The normalized spacial score (nSPS) is 16.1. The fourth-order valence-corrected chi connectivity index (χ4v) is 2.27. The number of piperazine rings is 1. The molecule has 0 radical (unpaired) electrons. The molecule has 2 amide bonds. The fraction of sp³-hybridized carbons (Fsp3) is 0.800. The first-order valence-corrected chi connectivity index (χ1v) is 7.95. The van der Waals surface area contributed by atoms with E-state index < -0.39 is 0 Å². The van der Waals surface area contributed by atoms with E-state index in [-0.39, 0.29) is 24.1 Å². The Hall–Kier alpha value is -1.99. The SMILES string of the molecule is CCOC(=O)N1CCN(C(=NC)NCC(=O)NC(C)(C)C)CC1. The van der Waals surface area contributed by atoms with Crippen LogP contribution >= 0.6 is 0 Å². The summed E-state index contributed by atoms with van der Waals surface area (Å²) in [6.07, 6.45) is -0.278. The molecule has 0 atom stereocenters. The number of carbonyl (C=O) groups is 2. The van der Waals surface area contributed by atoms with Crippen molar-refractivity contribution in [3.05, 3.63) is 0 Å². The number of hydrogen-bond donors (Lipinski definition) is 2. The van der Waals surface area contributed by atoms with Crippen molar-refractivity contribution >= 4 is 18.0 Å². The van der Waals surface area contributed by atoms with Gasteiger partial charge in [0.25, 0.3) is 0 Å². The lowest BCUT2D eigenvalue weighted by Crippen LogP contribution is -2.55. The van der Waals surface area contributed by atoms with Crippen LogP contribution in [-0.4, -0.2) is 79.7 Å². The predicted molar refractivity (Wildman–Crippen MR) is 89.4 cm³/mol. The summed E-state index contributed by atoms with van der Waals surface area (Å²) in [6, 6.07) is 0. The first-order chi connectivity index (χ1) is 10.8. The topological polar surface area (TPSA) is 86.3 Å². The Bertz CT molecular complexity index is 437. The molecule has 132 valence electrons. The first kappa shape index (κ1) is 19.1. The summed E-state index contributed by atoms with van der Waals surface area (Å²) < 4.78 is 5.00. The molecule has 0 unspecified atom stereocenters. The highest BCUT2D eigenvalue weighted by molar-refractivity contribution is 5.86. The van der Waals surface area contributed by atoms with Gasteiger partial charge in [-0.15, -0.1) is 0 Å². The molecule has 0 aliphatic carbocycles. The van der Waals surface area contributed by atoms with Crippen LogP contribution in [-0.2, 0) is 9.53 Å². The minimum atomic E-state index is -0.278. The van der Waals surface area contributed by atoms with Gasteiger partial charge in [0.2, 0.25) is 5.91 Å². The number of nitrogens with one attached hydrogen (secondary N) is 2. The summed E-state index contributed by atoms with van der Waals surface area (Å²) in [4.78, 5) is 31.4. The van der Waals surface area contributed by atoms with E-state index in [1.54, 1.807) is 18.9 Å². The number of hydrogen-bond acceptors (Lipinski definition) is 4. The molecular formula is C15H29N5O3. The summed E-state index contributed by atoms with van der Waals surface area (Å²) in [7, 11) is 1.68. The van der Waals surface area contributed by atoms with E-state index in [1.165, 1.54) is 0 Å². The van der Waals surface area contributed by atoms with Gasteiger partial charge in [-0.2, -0.15) is 0 Å². The molecule has 8 heteroatoms. The molecule has 0 aromatic carbocycles. The Labute approximate surface area is 138 Å². The standard InChI is InChI=1S/C15H29N5O3/c1-6-23-14(22)20-9-7-19(8-10-20)13(16-5)17-11-12(21)18-15(2,3)4/h6-11H2,1-5H3,(H,16,17)(H,18,21). The number of guanidine groups is 1. The van der Waals surface area contributed by atoms with Crippen LogP contribution in [0.1, 0.15) is 27.7 Å². The largest absolute Gasteiger partial charge is 0.450 e. The highest BCUT2D eigenvalue weighted by atomic mass is 16.6. The fourth-order valence-electron chi connectivity index (χ4n) is 2.27. The third-order valence-electron chi connectivity index (χ3n) is 3.24. The summed E-state index contributed by atoms with van der Waals surface area (Å²) in [5.41, 5.74) is -0.256. The number of carbonyl (C=O) groups excluding carboxylic acids is 2. The maximum atomic E-state index is 11.9. The lowest BCUT2D eigenvalue weighted by molar-refractivity contribution is -0.121. The van der Waals surface area contributed by atoms with Crippen molar-refractivity contribution in [1.29, 1.82) is 0 Å². The molecule has 0 aromatic heterocycles. The van der Waals surface area contributed by atoms with Crippen molar-refractivity contribution in [2.45, 2.75) is 33.2 Å². The van der Waals surface area contributed by atoms with Crippen LogP contribution < -0.4 is 10.6 Å². The third-order valence-corrected chi connectivity index (χ3v) is 3.24. The van der Waals surface area contributed by atoms with Gasteiger partial charge >= 0.3 is 6.09 Å². The van der Waals surface area contributed by atoms with E-state index in [1.807, 2.05) is 25.7 Å². The molecule has 1 aliphatic heterocycles. The molecule has 1 saturated heterocycles. The Kier molecular flexibility index (Phi) is 7.12. The van der Waals surface area contributed by atoms with Crippen molar-refractivity contribution in [1.82, 2.24) is 20.4 Å². The van der Waals surface area contributed by atoms with Gasteiger partial charge in [-0.25, -0.2) is 4.79 Å². The molecule has 0 saturated carbocycles. The molecule has 1 aliphatic rings. The van der Waals surface area contributed by atoms with Gasteiger partial charge in [-0.1, -0.05) is 0 Å². The molecule has 1 rings (SSSR count). The summed E-state index contributed by atoms with van der Waals surface area (Å²) in [6.45, 7) is 10.6. The molecule has 0 bridgehead atoms. The molecule has 23 heavy (non-hydrogen) atoms. The average Bonchev–Trinajstić information content (AvgIpc) is 2.47. The smallest absolute Gasteiger partial charge is 0.409 e. The number of aliphatic imine (C=N–C) groups is 1. The van der Waals surface area contributed by atoms with E-state index in [0.717, 1.165) is 0 Å². The van der Waals surface area contributed by atoms with E-state index >= 15 is 0 Å². The van der Waals surface area contributed by atoms with Gasteiger partial charge in [0.05, 0.1) is 13.2 Å². The van der Waals surface area contributed by atoms with Crippen molar-refractivity contribution in [3.63, 3.8) is 0 Å². The van der Waals surface area contributed by atoms with Crippen molar-refractivity contribution in [3.8, 4) is 0 Å². The van der Waals surface area contributed by atoms with Crippen LogP contribution in [0.4, 0.5) is 4.79 Å². The number of rotatable bonds is 3. The summed E-state index contributed by atoms with van der Waals surface area (Å²) >= 11 is 0. The molecule has 2 N–H and O–H groups in total. The zero-order valence-corrected chi connectivity index (χ0v) is 14.8. The Morgan fingerprint density at radius 2 is 1.70 bits per heavy atom. The molecule has 1 heterocycles. The highest BCUT2D eigenvalue weighted by Gasteiger charge is 2.24. The first-order valence-electron chi connectivity index (χ1n) is 7.95. The Balaban J connectivity index is 2.43. The summed E-state index contributed by atoms with van der Waals surface area (Å²) in [5, 5.41) is 5.95. The maximum absolute atomic E-state index is 11.9. The maximum Gasteiger partial charge on any atom is 0.409 e. The average molecular weight is 327 g/mol. The summed E-state index contributed by atoms with van der Waals surface area (Å²) in [5.74, 6) is 0.585. The predicted octanol–water partition coefficient (Wildman–Crippen LogP) is 0.251. The lowest BCUT2D eigenvalue weighted by Gasteiger charge is -2.35. The van der Waals surface area contributed by atoms with Gasteiger partial charge in [0.15, 0.2) is 5.96 Å². The van der Waals surface area contributed by atoms with E-state index in [9.17, 15) is 9.59 Å². The zero-order valence-electron chi connectivity index (χ0n) is 14.8. The van der Waals surface area contributed by atoms with E-state index in [0.29, 0.717) is 38.7 Å². The number of ether oxygens (including phenoxy) is 1. The van der Waals surface area contributed by atoms with Crippen LogP contribution in [0.2, 0.25) is 0 Å². The van der Waals surface area contributed by atoms with Gasteiger partial charge in [-0.05, 0) is 27.7 Å². The van der Waals surface area contributed by atoms with Gasteiger partial charge in [0.1, 0.15) is 0 Å². The molecule has 0 aromatic rings. The van der Waals surface area contributed by atoms with Gasteiger partial charge in [-0.3, -0.25) is 9.79 Å². The molecular weight excluding hydrogens is 298 g/mol. The van der Waals surface area contributed by atoms with Crippen molar-refractivity contribution in [2.75, 3.05) is 46.4 Å². The number of amides is 2. The second-order valence-corrected chi connectivity index (χ2v) is 6.37. The van der Waals surface area contributed by atoms with Crippen molar-refractivity contribution in [2.24, 2.45) is 4.99 Å². The van der Waals surface area contributed by atoms with Gasteiger partial charge < -0.3 is 25.2 Å². The molecule has 8 nitrogen and oxygen atoms in total. The monoisotopic (exact) mass is 327 g/mol. The van der Waals surface area contributed by atoms with Crippen LogP contribution in [0.3, 0.4) is 0 Å². The zero-order chi connectivity index (χ0) is 17.5. The Morgan fingerprint density at radius 1 is 1.13 bits per heavy atom. The second-order valence-electron chi connectivity index (χ2n) is 6.37. The minimum absolute atomic E-state index is 0.0798. The lowest BCUT2D eigenvalue weighted by atomic mass is 10.1.